The number of nitrogen functional groups attached to an aromatic ring is 1. The zero-order chi connectivity index (χ0) is 19.2. The summed E-state index contributed by atoms with van der Waals surface area (Å²) in [6.07, 6.45) is -0.0490. The van der Waals surface area contributed by atoms with Gasteiger partial charge in [0.2, 0.25) is 0 Å². The maximum atomic E-state index is 11.9. The van der Waals surface area contributed by atoms with Crippen molar-refractivity contribution < 1.29 is 17.9 Å². The van der Waals surface area contributed by atoms with Gasteiger partial charge in [-0.1, -0.05) is 36.4 Å². The SMILES string of the molecule is COC(=O)CCNS(=O)(=O)Nc1ccc(-c2ccc(C(=N)N)cc2)cc1. The van der Waals surface area contributed by atoms with Crippen molar-refractivity contribution in [3.05, 3.63) is 54.1 Å². The van der Waals surface area contributed by atoms with E-state index in [-0.39, 0.29) is 18.8 Å². The van der Waals surface area contributed by atoms with Gasteiger partial charge in [0.1, 0.15) is 5.84 Å². The van der Waals surface area contributed by atoms with E-state index in [1.165, 1.54) is 7.11 Å². The van der Waals surface area contributed by atoms with Gasteiger partial charge < -0.3 is 10.5 Å². The number of benzene rings is 2. The first-order valence-corrected chi connectivity index (χ1v) is 9.18. The first-order chi connectivity index (χ1) is 12.3. The number of hydrogen-bond acceptors (Lipinski definition) is 5. The molecule has 0 aliphatic heterocycles. The number of hydrogen-bond donors (Lipinski definition) is 4. The van der Waals surface area contributed by atoms with Crippen molar-refractivity contribution in [3.63, 3.8) is 0 Å². The third-order valence-electron chi connectivity index (χ3n) is 3.52. The van der Waals surface area contributed by atoms with E-state index in [0.29, 0.717) is 11.3 Å². The second-order valence-electron chi connectivity index (χ2n) is 5.39. The number of rotatable bonds is 8. The molecule has 0 unspecified atom stereocenters. The normalized spacial score (nSPS) is 11.0. The zero-order valence-electron chi connectivity index (χ0n) is 14.2. The maximum absolute atomic E-state index is 11.9. The zero-order valence-corrected chi connectivity index (χ0v) is 15.0. The molecule has 138 valence electrons. The summed E-state index contributed by atoms with van der Waals surface area (Å²) >= 11 is 0. The van der Waals surface area contributed by atoms with Crippen LogP contribution in [0.15, 0.2) is 48.5 Å². The molecule has 2 aromatic rings. The van der Waals surface area contributed by atoms with Crippen LogP contribution in [0, 0.1) is 5.41 Å². The fraction of sp³-hybridized carbons (Fsp3) is 0.176. The molecule has 0 atom stereocenters. The summed E-state index contributed by atoms with van der Waals surface area (Å²) < 4.78 is 32.9. The second-order valence-corrected chi connectivity index (χ2v) is 6.89. The minimum absolute atomic E-state index is 0.000929. The van der Waals surface area contributed by atoms with Crippen LogP contribution in [0.1, 0.15) is 12.0 Å². The molecule has 0 heterocycles. The third-order valence-corrected chi connectivity index (χ3v) is 4.60. The Labute approximate surface area is 152 Å². The van der Waals surface area contributed by atoms with Crippen LogP contribution in [-0.2, 0) is 19.7 Å². The van der Waals surface area contributed by atoms with Crippen LogP contribution in [0.25, 0.3) is 11.1 Å². The quantitative estimate of drug-likeness (QED) is 0.314. The lowest BCUT2D eigenvalue weighted by Crippen LogP contribution is -2.32. The summed E-state index contributed by atoms with van der Waals surface area (Å²) in [6.45, 7) is -0.0530. The molecule has 0 bridgehead atoms. The van der Waals surface area contributed by atoms with Crippen LogP contribution in [0.4, 0.5) is 5.69 Å². The topological polar surface area (TPSA) is 134 Å². The number of amidine groups is 1. The van der Waals surface area contributed by atoms with Crippen LogP contribution in [0.5, 0.6) is 0 Å². The molecular formula is C17H20N4O4S. The van der Waals surface area contributed by atoms with E-state index in [0.717, 1.165) is 11.1 Å². The molecule has 0 aliphatic carbocycles. The number of anilines is 1. The van der Waals surface area contributed by atoms with Crippen LogP contribution in [0.2, 0.25) is 0 Å². The van der Waals surface area contributed by atoms with E-state index >= 15 is 0 Å². The van der Waals surface area contributed by atoms with E-state index in [1.807, 2.05) is 12.1 Å². The fourth-order valence-corrected chi connectivity index (χ4v) is 3.04. The fourth-order valence-electron chi connectivity index (χ4n) is 2.15. The van der Waals surface area contributed by atoms with Crippen molar-refractivity contribution in [1.29, 1.82) is 5.41 Å². The smallest absolute Gasteiger partial charge is 0.306 e. The Morgan fingerprint density at radius 1 is 1.08 bits per heavy atom. The first-order valence-electron chi connectivity index (χ1n) is 7.70. The molecule has 0 aliphatic rings. The van der Waals surface area contributed by atoms with E-state index in [2.05, 4.69) is 14.2 Å². The minimum Gasteiger partial charge on any atom is -0.469 e. The van der Waals surface area contributed by atoms with Crippen LogP contribution in [0.3, 0.4) is 0 Å². The largest absolute Gasteiger partial charge is 0.469 e. The van der Waals surface area contributed by atoms with Gasteiger partial charge in [-0.3, -0.25) is 14.9 Å². The molecule has 26 heavy (non-hydrogen) atoms. The number of nitrogens with one attached hydrogen (secondary N) is 3. The van der Waals surface area contributed by atoms with Gasteiger partial charge in [0.15, 0.2) is 0 Å². The van der Waals surface area contributed by atoms with Gasteiger partial charge in [-0.25, -0.2) is 0 Å². The molecule has 2 rings (SSSR count). The molecule has 2 aromatic carbocycles. The highest BCUT2D eigenvalue weighted by atomic mass is 32.2. The van der Waals surface area contributed by atoms with Crippen LogP contribution < -0.4 is 15.2 Å². The first kappa shape index (κ1) is 19.4. The summed E-state index contributed by atoms with van der Waals surface area (Å²) in [7, 11) is -2.54. The summed E-state index contributed by atoms with van der Waals surface area (Å²) in [5.74, 6) is -0.492. The van der Waals surface area contributed by atoms with Crippen LogP contribution >= 0.6 is 0 Å². The van der Waals surface area contributed by atoms with Gasteiger partial charge in [-0.2, -0.15) is 13.1 Å². The number of ether oxygens (including phenoxy) is 1. The average molecular weight is 376 g/mol. The molecule has 0 radical (unpaired) electrons. The summed E-state index contributed by atoms with van der Waals surface area (Å²) in [6, 6.07) is 14.0. The summed E-state index contributed by atoms with van der Waals surface area (Å²) in [5.41, 5.74) is 8.26. The Balaban J connectivity index is 2.00. The van der Waals surface area contributed by atoms with Gasteiger partial charge in [-0.15, -0.1) is 0 Å². The molecule has 0 amide bonds. The van der Waals surface area contributed by atoms with Gasteiger partial charge in [0.05, 0.1) is 13.5 Å². The predicted octanol–water partition coefficient (Wildman–Crippen LogP) is 1.45. The van der Waals surface area contributed by atoms with E-state index in [4.69, 9.17) is 11.1 Å². The molecule has 0 spiro atoms. The van der Waals surface area contributed by atoms with E-state index in [9.17, 15) is 13.2 Å². The molecule has 0 saturated heterocycles. The van der Waals surface area contributed by atoms with E-state index < -0.39 is 16.2 Å². The highest BCUT2D eigenvalue weighted by molar-refractivity contribution is 7.90. The van der Waals surface area contributed by atoms with E-state index in [1.54, 1.807) is 36.4 Å². The van der Waals surface area contributed by atoms with Gasteiger partial charge in [0, 0.05) is 17.8 Å². The Morgan fingerprint density at radius 3 is 2.12 bits per heavy atom. The lowest BCUT2D eigenvalue weighted by molar-refractivity contribution is -0.140. The van der Waals surface area contributed by atoms with Crippen molar-refractivity contribution >= 4 is 27.7 Å². The number of carbonyl (C=O) groups excluding carboxylic acids is 1. The number of carbonyl (C=O) groups is 1. The molecule has 0 saturated carbocycles. The lowest BCUT2D eigenvalue weighted by Gasteiger charge is -2.10. The van der Waals surface area contributed by atoms with Crippen molar-refractivity contribution in [2.45, 2.75) is 6.42 Å². The standard InChI is InChI=1S/C17H20N4O4S/c1-25-16(22)10-11-20-26(23,24)21-15-8-6-13(7-9-15)12-2-4-14(5-3-12)17(18)19/h2-9,20-21H,10-11H2,1H3,(H3,18,19). The minimum atomic E-state index is -3.78. The van der Waals surface area contributed by atoms with Crippen molar-refractivity contribution in [2.75, 3.05) is 18.4 Å². The highest BCUT2D eigenvalue weighted by Gasteiger charge is 2.11. The Bertz CT molecular complexity index is 878. The Hall–Kier alpha value is -2.91. The predicted molar refractivity (Wildman–Crippen MR) is 100 cm³/mol. The number of nitrogens with two attached hydrogens (primary N) is 1. The monoisotopic (exact) mass is 376 g/mol. The number of esters is 1. The summed E-state index contributed by atoms with van der Waals surface area (Å²) in [4.78, 5) is 11.0. The molecule has 8 nitrogen and oxygen atoms in total. The third kappa shape index (κ3) is 5.57. The molecule has 9 heteroatoms. The van der Waals surface area contributed by atoms with Crippen molar-refractivity contribution in [3.8, 4) is 11.1 Å². The van der Waals surface area contributed by atoms with Crippen molar-refractivity contribution in [2.24, 2.45) is 5.73 Å². The number of methoxy groups -OCH3 is 1. The van der Waals surface area contributed by atoms with Crippen LogP contribution in [-0.4, -0.2) is 33.9 Å². The molecule has 0 fully saturated rings. The second kappa shape index (κ2) is 8.45. The molecule has 0 aromatic heterocycles. The average Bonchev–Trinajstić information content (AvgIpc) is 2.61. The molecular weight excluding hydrogens is 356 g/mol. The van der Waals surface area contributed by atoms with Crippen molar-refractivity contribution in [1.82, 2.24) is 4.72 Å². The van der Waals surface area contributed by atoms with Gasteiger partial charge in [0.25, 0.3) is 10.2 Å². The Morgan fingerprint density at radius 2 is 1.62 bits per heavy atom. The van der Waals surface area contributed by atoms with Gasteiger partial charge >= 0.3 is 5.97 Å². The Kier molecular flexibility index (Phi) is 6.31. The highest BCUT2D eigenvalue weighted by Crippen LogP contribution is 2.22. The maximum Gasteiger partial charge on any atom is 0.306 e. The van der Waals surface area contributed by atoms with Gasteiger partial charge in [-0.05, 0) is 23.3 Å². The lowest BCUT2D eigenvalue weighted by atomic mass is 10.0. The molecule has 5 N–H and O–H groups in total. The summed E-state index contributed by atoms with van der Waals surface area (Å²) in [5, 5.41) is 7.39.